The number of amides is 1. The van der Waals surface area contributed by atoms with Gasteiger partial charge >= 0.3 is 12.1 Å². The quantitative estimate of drug-likeness (QED) is 0.922. The summed E-state index contributed by atoms with van der Waals surface area (Å²) in [7, 11) is 0. The zero-order chi connectivity index (χ0) is 14.0. The molecule has 0 fully saturated rings. The van der Waals surface area contributed by atoms with E-state index in [0.717, 1.165) is 0 Å². The molecule has 2 aromatic rings. The van der Waals surface area contributed by atoms with Crippen LogP contribution in [0.4, 0.5) is 13.2 Å². The van der Waals surface area contributed by atoms with E-state index < -0.39 is 18.0 Å². The predicted molar refractivity (Wildman–Crippen MR) is 57.6 cm³/mol. The summed E-state index contributed by atoms with van der Waals surface area (Å²) in [5.41, 5.74) is 6.00. The standard InChI is InChI=1S/C11H8F3N3O2/c12-11(13,14)10-17-16-9(19-10)7-3-1-6(2-4-7)5-8(15)18/h1-4H,5H2,(H2,15,18). The maximum Gasteiger partial charge on any atom is 0.470 e. The topological polar surface area (TPSA) is 82.0 Å². The second-order valence-corrected chi connectivity index (χ2v) is 3.75. The molecule has 1 amide bonds. The van der Waals surface area contributed by atoms with Crippen molar-refractivity contribution in [3.8, 4) is 11.5 Å². The molecule has 100 valence electrons. The van der Waals surface area contributed by atoms with Gasteiger partial charge in [0.15, 0.2) is 0 Å². The molecule has 0 saturated carbocycles. The smallest absolute Gasteiger partial charge is 0.413 e. The monoisotopic (exact) mass is 271 g/mol. The number of carbonyl (C=O) groups excluding carboxylic acids is 1. The number of primary amides is 1. The van der Waals surface area contributed by atoms with Gasteiger partial charge in [0.1, 0.15) is 0 Å². The van der Waals surface area contributed by atoms with Crippen LogP contribution in [0, 0.1) is 0 Å². The summed E-state index contributed by atoms with van der Waals surface area (Å²) in [6.07, 6.45) is -4.62. The highest BCUT2D eigenvalue weighted by Crippen LogP contribution is 2.30. The number of alkyl halides is 3. The van der Waals surface area contributed by atoms with Crippen molar-refractivity contribution in [2.75, 3.05) is 0 Å². The molecule has 8 heteroatoms. The van der Waals surface area contributed by atoms with Crippen LogP contribution in [0.15, 0.2) is 28.7 Å². The van der Waals surface area contributed by atoms with E-state index >= 15 is 0 Å². The summed E-state index contributed by atoms with van der Waals surface area (Å²) >= 11 is 0. The zero-order valence-corrected chi connectivity index (χ0v) is 9.44. The molecule has 1 aromatic carbocycles. The molecule has 0 spiro atoms. The first-order chi connectivity index (χ1) is 8.86. The van der Waals surface area contributed by atoms with Crippen LogP contribution in [0.5, 0.6) is 0 Å². The van der Waals surface area contributed by atoms with Crippen molar-refractivity contribution in [2.45, 2.75) is 12.6 Å². The minimum atomic E-state index is -4.67. The number of carbonyl (C=O) groups is 1. The normalized spacial score (nSPS) is 11.5. The molecule has 0 bridgehead atoms. The number of nitrogens with zero attached hydrogens (tertiary/aromatic N) is 2. The number of halogens is 3. The lowest BCUT2D eigenvalue weighted by Gasteiger charge is -2.00. The Morgan fingerprint density at radius 2 is 1.84 bits per heavy atom. The average molecular weight is 271 g/mol. The molecule has 0 radical (unpaired) electrons. The Morgan fingerprint density at radius 1 is 1.21 bits per heavy atom. The first kappa shape index (κ1) is 13.1. The van der Waals surface area contributed by atoms with E-state index in [1.807, 2.05) is 0 Å². The zero-order valence-electron chi connectivity index (χ0n) is 9.44. The van der Waals surface area contributed by atoms with Gasteiger partial charge in [-0.3, -0.25) is 4.79 Å². The Bertz CT molecular complexity index is 590. The van der Waals surface area contributed by atoms with Crippen LogP contribution in [0.2, 0.25) is 0 Å². The van der Waals surface area contributed by atoms with E-state index in [1.165, 1.54) is 12.1 Å². The van der Waals surface area contributed by atoms with E-state index in [0.29, 0.717) is 11.1 Å². The van der Waals surface area contributed by atoms with Gasteiger partial charge in [0, 0.05) is 5.56 Å². The Morgan fingerprint density at radius 3 is 2.32 bits per heavy atom. The molecule has 0 saturated heterocycles. The fraction of sp³-hybridized carbons (Fsp3) is 0.182. The third-order valence-electron chi connectivity index (χ3n) is 2.25. The Labute approximate surface area is 105 Å². The van der Waals surface area contributed by atoms with E-state index in [2.05, 4.69) is 14.6 Å². The van der Waals surface area contributed by atoms with Gasteiger partial charge in [0.2, 0.25) is 11.8 Å². The fourth-order valence-corrected chi connectivity index (χ4v) is 1.42. The molecule has 0 aliphatic carbocycles. The molecule has 1 heterocycles. The van der Waals surface area contributed by atoms with Crippen LogP contribution >= 0.6 is 0 Å². The molecule has 5 nitrogen and oxygen atoms in total. The van der Waals surface area contributed by atoms with Gasteiger partial charge in [-0.05, 0) is 17.7 Å². The summed E-state index contributed by atoms with van der Waals surface area (Å²) in [4.78, 5) is 10.7. The number of benzene rings is 1. The van der Waals surface area contributed by atoms with Crippen molar-refractivity contribution in [1.29, 1.82) is 0 Å². The Kier molecular flexibility index (Phi) is 3.24. The third-order valence-corrected chi connectivity index (χ3v) is 2.25. The fourth-order valence-electron chi connectivity index (χ4n) is 1.42. The summed E-state index contributed by atoms with van der Waals surface area (Å²) in [5.74, 6) is -2.13. The van der Waals surface area contributed by atoms with Crippen molar-refractivity contribution in [1.82, 2.24) is 10.2 Å². The number of hydrogen-bond donors (Lipinski definition) is 1. The van der Waals surface area contributed by atoms with Gasteiger partial charge in [-0.25, -0.2) is 0 Å². The van der Waals surface area contributed by atoms with E-state index in [4.69, 9.17) is 5.73 Å². The lowest BCUT2D eigenvalue weighted by molar-refractivity contribution is -0.156. The van der Waals surface area contributed by atoms with Gasteiger partial charge in [0.25, 0.3) is 0 Å². The van der Waals surface area contributed by atoms with Crippen molar-refractivity contribution >= 4 is 5.91 Å². The van der Waals surface area contributed by atoms with Crippen LogP contribution in [0.3, 0.4) is 0 Å². The molecule has 0 aliphatic heterocycles. The van der Waals surface area contributed by atoms with Crippen molar-refractivity contribution in [2.24, 2.45) is 5.73 Å². The molecule has 19 heavy (non-hydrogen) atoms. The first-order valence-electron chi connectivity index (χ1n) is 5.14. The van der Waals surface area contributed by atoms with Crippen molar-refractivity contribution in [3.63, 3.8) is 0 Å². The number of hydrogen-bond acceptors (Lipinski definition) is 4. The predicted octanol–water partition coefficient (Wildman–Crippen LogP) is 1.78. The molecule has 0 atom stereocenters. The summed E-state index contributed by atoms with van der Waals surface area (Å²) in [6.45, 7) is 0. The molecular formula is C11H8F3N3O2. The van der Waals surface area contributed by atoms with Crippen LogP contribution in [-0.4, -0.2) is 16.1 Å². The molecule has 0 aliphatic rings. The van der Waals surface area contributed by atoms with Crippen LogP contribution < -0.4 is 5.73 Å². The molecule has 2 N–H and O–H groups in total. The second-order valence-electron chi connectivity index (χ2n) is 3.75. The minimum absolute atomic E-state index is 0.0535. The maximum absolute atomic E-state index is 12.3. The van der Waals surface area contributed by atoms with Gasteiger partial charge < -0.3 is 10.2 Å². The van der Waals surface area contributed by atoms with E-state index in [-0.39, 0.29) is 12.3 Å². The highest BCUT2D eigenvalue weighted by molar-refractivity contribution is 5.76. The second kappa shape index (κ2) is 4.71. The van der Waals surface area contributed by atoms with E-state index in [9.17, 15) is 18.0 Å². The van der Waals surface area contributed by atoms with Gasteiger partial charge in [-0.15, -0.1) is 10.2 Å². The molecule has 0 unspecified atom stereocenters. The van der Waals surface area contributed by atoms with Crippen LogP contribution in [-0.2, 0) is 17.4 Å². The number of nitrogens with two attached hydrogens (primary N) is 1. The van der Waals surface area contributed by atoms with Crippen molar-refractivity contribution in [3.05, 3.63) is 35.7 Å². The van der Waals surface area contributed by atoms with Gasteiger partial charge in [-0.2, -0.15) is 13.2 Å². The lowest BCUT2D eigenvalue weighted by atomic mass is 10.1. The Hall–Kier alpha value is -2.38. The van der Waals surface area contributed by atoms with Crippen molar-refractivity contribution < 1.29 is 22.4 Å². The lowest BCUT2D eigenvalue weighted by Crippen LogP contribution is -2.13. The Balaban J connectivity index is 2.23. The van der Waals surface area contributed by atoms with Crippen LogP contribution in [0.1, 0.15) is 11.5 Å². The number of rotatable bonds is 3. The largest absolute Gasteiger partial charge is 0.470 e. The summed E-state index contributed by atoms with van der Waals surface area (Å²) in [6, 6.07) is 6.06. The summed E-state index contributed by atoms with van der Waals surface area (Å²) in [5, 5.41) is 6.23. The first-order valence-corrected chi connectivity index (χ1v) is 5.14. The third kappa shape index (κ3) is 3.09. The van der Waals surface area contributed by atoms with Gasteiger partial charge in [-0.1, -0.05) is 12.1 Å². The highest BCUT2D eigenvalue weighted by atomic mass is 19.4. The van der Waals surface area contributed by atoms with E-state index in [1.54, 1.807) is 12.1 Å². The highest BCUT2D eigenvalue weighted by Gasteiger charge is 2.38. The summed E-state index contributed by atoms with van der Waals surface area (Å²) < 4.78 is 41.3. The maximum atomic E-state index is 12.3. The van der Waals surface area contributed by atoms with Crippen LogP contribution in [0.25, 0.3) is 11.5 Å². The molecule has 1 aromatic heterocycles. The average Bonchev–Trinajstić information content (AvgIpc) is 2.78. The number of aromatic nitrogens is 2. The van der Waals surface area contributed by atoms with Gasteiger partial charge in [0.05, 0.1) is 6.42 Å². The minimum Gasteiger partial charge on any atom is -0.413 e. The SMILES string of the molecule is NC(=O)Cc1ccc(-c2nnc(C(F)(F)F)o2)cc1. The molecular weight excluding hydrogens is 263 g/mol. The molecule has 2 rings (SSSR count).